The van der Waals surface area contributed by atoms with Crippen LogP contribution in [-0.2, 0) is 5.41 Å². The fourth-order valence-electron chi connectivity index (χ4n) is 2.93. The summed E-state index contributed by atoms with van der Waals surface area (Å²) in [6.45, 7) is 8.83. The van der Waals surface area contributed by atoms with Crippen molar-refractivity contribution in [3.8, 4) is 0 Å². The minimum absolute atomic E-state index is 0.0316. The molecule has 0 aliphatic carbocycles. The normalized spacial score (nSPS) is 18.5. The summed E-state index contributed by atoms with van der Waals surface area (Å²) >= 11 is 1.70. The zero-order chi connectivity index (χ0) is 16.2. The molecule has 0 fully saturated rings. The van der Waals surface area contributed by atoms with Crippen LogP contribution in [0.3, 0.4) is 0 Å². The molecule has 0 radical (unpaired) electrons. The van der Waals surface area contributed by atoms with E-state index in [1.54, 1.807) is 11.3 Å². The van der Waals surface area contributed by atoms with Crippen molar-refractivity contribution in [2.75, 3.05) is 0 Å². The number of benzene rings is 1. The molecule has 0 N–H and O–H groups in total. The van der Waals surface area contributed by atoms with Crippen molar-refractivity contribution in [3.05, 3.63) is 52.0 Å². The number of hydrogen-bond donors (Lipinski definition) is 0. The van der Waals surface area contributed by atoms with Gasteiger partial charge in [-0.3, -0.25) is 4.99 Å². The summed E-state index contributed by atoms with van der Waals surface area (Å²) in [6.07, 6.45) is 0. The molecule has 0 spiro atoms. The Kier molecular flexibility index (Phi) is 2.94. The highest BCUT2D eigenvalue weighted by molar-refractivity contribution is 7.08. The van der Waals surface area contributed by atoms with Crippen LogP contribution in [0.1, 0.15) is 44.6 Å². The minimum Gasteiger partial charge on any atom is -0.274 e. The van der Waals surface area contributed by atoms with E-state index in [9.17, 15) is 0 Å². The van der Waals surface area contributed by atoms with E-state index < -0.39 is 0 Å². The second-order valence-corrected chi connectivity index (χ2v) is 7.71. The highest BCUT2D eigenvalue weighted by atomic mass is 32.1. The van der Waals surface area contributed by atoms with E-state index in [0.717, 1.165) is 22.3 Å². The second kappa shape index (κ2) is 4.68. The fourth-order valence-corrected chi connectivity index (χ4v) is 3.93. The predicted molar refractivity (Wildman–Crippen MR) is 94.4 cm³/mol. The standard InChI is InChI=1S/C18H18N4S/c1-17(2)12-10-23-9-11(12)15(20-18(17,3)4)16-19-13-7-5-6-8-14(13)21-22-16/h5-10H,1-4H3. The molecule has 0 bridgehead atoms. The molecule has 0 amide bonds. The van der Waals surface area contributed by atoms with E-state index in [1.807, 2.05) is 24.3 Å². The Hall–Kier alpha value is -2.14. The minimum atomic E-state index is -0.231. The third-order valence-electron chi connectivity index (χ3n) is 5.08. The lowest BCUT2D eigenvalue weighted by Gasteiger charge is -2.42. The predicted octanol–water partition coefficient (Wildman–Crippen LogP) is 3.99. The second-order valence-electron chi connectivity index (χ2n) is 6.97. The maximum atomic E-state index is 5.02. The van der Waals surface area contributed by atoms with Gasteiger partial charge in [0.05, 0.1) is 11.1 Å². The van der Waals surface area contributed by atoms with Gasteiger partial charge in [0, 0.05) is 16.4 Å². The Balaban J connectivity index is 1.95. The van der Waals surface area contributed by atoms with Gasteiger partial charge < -0.3 is 0 Å². The van der Waals surface area contributed by atoms with Gasteiger partial charge in [-0.2, -0.15) is 11.3 Å². The molecular formula is C18H18N4S. The molecule has 4 rings (SSSR count). The van der Waals surface area contributed by atoms with Crippen LogP contribution >= 0.6 is 11.3 Å². The Morgan fingerprint density at radius 2 is 1.65 bits per heavy atom. The number of aliphatic imine (C=N–C) groups is 1. The number of fused-ring (bicyclic) bond motifs is 2. The van der Waals surface area contributed by atoms with Crippen LogP contribution in [0.2, 0.25) is 0 Å². The molecule has 2 aromatic heterocycles. The maximum absolute atomic E-state index is 5.02. The molecule has 1 aliphatic heterocycles. The van der Waals surface area contributed by atoms with E-state index >= 15 is 0 Å². The van der Waals surface area contributed by atoms with Crippen LogP contribution in [0.5, 0.6) is 0 Å². The summed E-state index contributed by atoms with van der Waals surface area (Å²) in [5.74, 6) is 0.604. The largest absolute Gasteiger partial charge is 0.274 e. The molecule has 116 valence electrons. The highest BCUT2D eigenvalue weighted by Gasteiger charge is 2.44. The maximum Gasteiger partial charge on any atom is 0.201 e. The van der Waals surface area contributed by atoms with Crippen molar-refractivity contribution in [3.63, 3.8) is 0 Å². The molecule has 0 atom stereocenters. The molecule has 1 aliphatic rings. The Morgan fingerprint density at radius 3 is 2.43 bits per heavy atom. The quantitative estimate of drug-likeness (QED) is 0.680. The number of nitrogens with zero attached hydrogens (tertiary/aromatic N) is 4. The van der Waals surface area contributed by atoms with Crippen molar-refractivity contribution in [2.24, 2.45) is 4.99 Å². The van der Waals surface area contributed by atoms with Gasteiger partial charge in [0.2, 0.25) is 5.82 Å². The summed E-state index contributed by atoms with van der Waals surface area (Å²) < 4.78 is 0. The molecule has 4 nitrogen and oxygen atoms in total. The number of hydrogen-bond acceptors (Lipinski definition) is 5. The third-order valence-corrected chi connectivity index (χ3v) is 5.83. The van der Waals surface area contributed by atoms with Gasteiger partial charge in [-0.25, -0.2) is 4.98 Å². The molecule has 3 aromatic rings. The molecule has 0 unspecified atom stereocenters. The van der Waals surface area contributed by atoms with Crippen LogP contribution in [-0.4, -0.2) is 26.4 Å². The molecule has 0 saturated heterocycles. The summed E-state index contributed by atoms with van der Waals surface area (Å²) in [5.41, 5.74) is 4.69. The SMILES string of the molecule is CC1(C)N=C(c2nnc3ccccc3n2)c2cscc2C1(C)C. The average molecular weight is 322 g/mol. The van der Waals surface area contributed by atoms with Gasteiger partial charge in [0.25, 0.3) is 0 Å². The first-order chi connectivity index (χ1) is 10.9. The first-order valence-corrected chi connectivity index (χ1v) is 8.61. The van der Waals surface area contributed by atoms with Crippen LogP contribution in [0.25, 0.3) is 11.0 Å². The zero-order valence-electron chi connectivity index (χ0n) is 13.7. The molecule has 23 heavy (non-hydrogen) atoms. The lowest BCUT2D eigenvalue weighted by atomic mass is 9.67. The topological polar surface area (TPSA) is 51.0 Å². The Labute approximate surface area is 139 Å². The van der Waals surface area contributed by atoms with Crippen molar-refractivity contribution >= 4 is 28.1 Å². The molecule has 3 heterocycles. The van der Waals surface area contributed by atoms with E-state index in [4.69, 9.17) is 9.98 Å². The Morgan fingerprint density at radius 1 is 0.913 bits per heavy atom. The molecule has 0 saturated carbocycles. The van der Waals surface area contributed by atoms with Gasteiger partial charge >= 0.3 is 0 Å². The molecular weight excluding hydrogens is 304 g/mol. The summed E-state index contributed by atoms with van der Waals surface area (Å²) in [4.78, 5) is 9.71. The van der Waals surface area contributed by atoms with Crippen molar-refractivity contribution < 1.29 is 0 Å². The number of thiophene rings is 1. The number of para-hydroxylation sites is 1. The first-order valence-electron chi connectivity index (χ1n) is 7.67. The van der Waals surface area contributed by atoms with Gasteiger partial charge in [0.1, 0.15) is 11.2 Å². The van der Waals surface area contributed by atoms with E-state index in [2.05, 4.69) is 48.7 Å². The zero-order valence-corrected chi connectivity index (χ0v) is 14.5. The number of rotatable bonds is 1. The molecule has 5 heteroatoms. The van der Waals surface area contributed by atoms with Crippen LogP contribution in [0.15, 0.2) is 40.0 Å². The lowest BCUT2D eigenvalue weighted by molar-refractivity contribution is 0.304. The summed E-state index contributed by atoms with van der Waals surface area (Å²) in [7, 11) is 0. The van der Waals surface area contributed by atoms with E-state index in [1.165, 1.54) is 5.56 Å². The summed E-state index contributed by atoms with van der Waals surface area (Å²) in [5, 5.41) is 13.0. The van der Waals surface area contributed by atoms with Gasteiger partial charge in [-0.15, -0.1) is 10.2 Å². The van der Waals surface area contributed by atoms with Crippen LogP contribution < -0.4 is 0 Å². The third kappa shape index (κ3) is 2.03. The van der Waals surface area contributed by atoms with E-state index in [-0.39, 0.29) is 11.0 Å². The van der Waals surface area contributed by atoms with Crippen molar-refractivity contribution in [1.82, 2.24) is 15.2 Å². The van der Waals surface area contributed by atoms with Gasteiger partial charge in [-0.05, 0) is 36.9 Å². The number of aromatic nitrogens is 3. The first kappa shape index (κ1) is 14.5. The van der Waals surface area contributed by atoms with Gasteiger partial charge in [-0.1, -0.05) is 26.0 Å². The van der Waals surface area contributed by atoms with Crippen LogP contribution in [0.4, 0.5) is 0 Å². The fraction of sp³-hybridized carbons (Fsp3) is 0.333. The monoisotopic (exact) mass is 322 g/mol. The van der Waals surface area contributed by atoms with E-state index in [0.29, 0.717) is 5.82 Å². The summed E-state index contributed by atoms with van der Waals surface area (Å²) in [6, 6.07) is 7.79. The van der Waals surface area contributed by atoms with Crippen molar-refractivity contribution in [1.29, 1.82) is 0 Å². The van der Waals surface area contributed by atoms with Crippen molar-refractivity contribution in [2.45, 2.75) is 38.6 Å². The van der Waals surface area contributed by atoms with Crippen LogP contribution in [0, 0.1) is 0 Å². The van der Waals surface area contributed by atoms with Gasteiger partial charge in [0.15, 0.2) is 0 Å². The average Bonchev–Trinajstić information content (AvgIpc) is 3.01. The lowest BCUT2D eigenvalue weighted by Crippen LogP contribution is -2.45. The molecule has 1 aromatic carbocycles. The Bertz CT molecular complexity index is 937. The smallest absolute Gasteiger partial charge is 0.201 e. The highest BCUT2D eigenvalue weighted by Crippen LogP contribution is 2.44.